The van der Waals surface area contributed by atoms with Crippen LogP contribution in [0.5, 0.6) is 5.75 Å². The van der Waals surface area contributed by atoms with E-state index in [1.165, 1.54) is 51.4 Å². The maximum Gasteiger partial charge on any atom is 0.410 e. The highest BCUT2D eigenvalue weighted by Crippen LogP contribution is 2.47. The summed E-state index contributed by atoms with van der Waals surface area (Å²) in [6.07, 6.45) is 12.6. The molecular formula is C24H35O3P. The summed E-state index contributed by atoms with van der Waals surface area (Å²) in [5.41, 5.74) is 0. The molecule has 0 fully saturated rings. The summed E-state index contributed by atoms with van der Waals surface area (Å²) < 4.78 is 25.0. The molecule has 2 aromatic carbocycles. The molecule has 0 aliphatic rings. The Kier molecular flexibility index (Phi) is 11.0. The van der Waals surface area contributed by atoms with Gasteiger partial charge in [0.15, 0.2) is 0 Å². The molecule has 0 aliphatic carbocycles. The second-order valence-corrected chi connectivity index (χ2v) is 9.20. The molecule has 2 rings (SSSR count). The minimum Gasteiger partial charge on any atom is -0.421 e. The van der Waals surface area contributed by atoms with Gasteiger partial charge in [-0.15, -0.1) is 0 Å². The van der Waals surface area contributed by atoms with Gasteiger partial charge in [0.2, 0.25) is 0 Å². The van der Waals surface area contributed by atoms with Gasteiger partial charge in [0, 0.05) is 0 Å². The molecule has 3 nitrogen and oxygen atoms in total. The Morgan fingerprint density at radius 3 is 1.75 bits per heavy atom. The smallest absolute Gasteiger partial charge is 0.410 e. The first-order chi connectivity index (χ1) is 13.7. The van der Waals surface area contributed by atoms with Gasteiger partial charge in [-0.3, -0.25) is 4.52 Å². The third kappa shape index (κ3) is 8.63. The van der Waals surface area contributed by atoms with E-state index < -0.39 is 7.60 Å². The molecule has 1 unspecified atom stereocenters. The zero-order valence-corrected chi connectivity index (χ0v) is 18.1. The number of unbranched alkanes of at least 4 members (excludes halogenated alkanes) is 9. The number of hydrogen-bond acceptors (Lipinski definition) is 3. The summed E-state index contributed by atoms with van der Waals surface area (Å²) in [6, 6.07) is 18.5. The average molecular weight is 403 g/mol. The van der Waals surface area contributed by atoms with Gasteiger partial charge in [0.05, 0.1) is 11.9 Å². The topological polar surface area (TPSA) is 35.5 Å². The summed E-state index contributed by atoms with van der Waals surface area (Å²) in [6.45, 7) is 2.71. The van der Waals surface area contributed by atoms with E-state index in [0.717, 1.165) is 12.8 Å². The van der Waals surface area contributed by atoms with E-state index in [0.29, 0.717) is 17.7 Å². The molecule has 28 heavy (non-hydrogen) atoms. The highest BCUT2D eigenvalue weighted by atomic mass is 31.2. The Morgan fingerprint density at radius 1 is 0.679 bits per heavy atom. The summed E-state index contributed by atoms with van der Waals surface area (Å²) in [5, 5.41) is 0.603. The molecule has 0 N–H and O–H groups in total. The lowest BCUT2D eigenvalue weighted by Gasteiger charge is -2.19. The van der Waals surface area contributed by atoms with Crippen LogP contribution in [0.2, 0.25) is 0 Å². The Hall–Kier alpha value is -1.57. The van der Waals surface area contributed by atoms with Crippen LogP contribution in [-0.2, 0) is 9.09 Å². The molecule has 0 aromatic heterocycles. The van der Waals surface area contributed by atoms with E-state index in [9.17, 15) is 4.57 Å². The highest BCUT2D eigenvalue weighted by molar-refractivity contribution is 7.62. The van der Waals surface area contributed by atoms with Gasteiger partial charge >= 0.3 is 7.60 Å². The van der Waals surface area contributed by atoms with Crippen LogP contribution in [-0.4, -0.2) is 6.61 Å². The van der Waals surface area contributed by atoms with Crippen molar-refractivity contribution in [3.8, 4) is 5.75 Å². The molecule has 154 valence electrons. The first kappa shape index (κ1) is 22.7. The van der Waals surface area contributed by atoms with Crippen LogP contribution in [0, 0.1) is 0 Å². The number of hydrogen-bond donors (Lipinski definition) is 0. The van der Waals surface area contributed by atoms with E-state index in [-0.39, 0.29) is 0 Å². The third-order valence-corrected chi connectivity index (χ3v) is 6.70. The maximum atomic E-state index is 13.4. The minimum absolute atomic E-state index is 0.454. The molecule has 0 radical (unpaired) electrons. The van der Waals surface area contributed by atoms with Crippen molar-refractivity contribution in [2.75, 3.05) is 6.61 Å². The molecule has 0 bridgehead atoms. The quantitative estimate of drug-likeness (QED) is 0.228. The van der Waals surface area contributed by atoms with Gasteiger partial charge in [0.25, 0.3) is 0 Å². The van der Waals surface area contributed by atoms with E-state index in [4.69, 9.17) is 9.05 Å². The summed E-state index contributed by atoms with van der Waals surface area (Å²) in [4.78, 5) is 0. The lowest BCUT2D eigenvalue weighted by Crippen LogP contribution is -2.13. The molecule has 0 spiro atoms. The van der Waals surface area contributed by atoms with Gasteiger partial charge in [0.1, 0.15) is 5.75 Å². The lowest BCUT2D eigenvalue weighted by atomic mass is 10.1. The predicted octanol–water partition coefficient (Wildman–Crippen LogP) is 7.52. The number of benzene rings is 2. The van der Waals surface area contributed by atoms with Crippen molar-refractivity contribution < 1.29 is 13.6 Å². The van der Waals surface area contributed by atoms with E-state index in [2.05, 4.69) is 6.92 Å². The molecule has 4 heteroatoms. The molecule has 0 saturated heterocycles. The van der Waals surface area contributed by atoms with Crippen LogP contribution in [0.4, 0.5) is 0 Å². The van der Waals surface area contributed by atoms with E-state index in [1.807, 2.05) is 48.5 Å². The Bertz CT molecular complexity index is 673. The zero-order chi connectivity index (χ0) is 19.9. The van der Waals surface area contributed by atoms with Crippen molar-refractivity contribution in [1.29, 1.82) is 0 Å². The number of rotatable bonds is 15. The summed E-state index contributed by atoms with van der Waals surface area (Å²) >= 11 is 0. The van der Waals surface area contributed by atoms with E-state index >= 15 is 0 Å². The predicted molar refractivity (Wildman–Crippen MR) is 119 cm³/mol. The van der Waals surface area contributed by atoms with Crippen LogP contribution in [0.25, 0.3) is 0 Å². The molecule has 0 saturated carbocycles. The van der Waals surface area contributed by atoms with Crippen LogP contribution >= 0.6 is 7.60 Å². The lowest BCUT2D eigenvalue weighted by molar-refractivity contribution is 0.266. The molecule has 0 amide bonds. The Morgan fingerprint density at radius 2 is 1.18 bits per heavy atom. The molecule has 0 aliphatic heterocycles. The van der Waals surface area contributed by atoms with Crippen LogP contribution in [0.1, 0.15) is 71.1 Å². The van der Waals surface area contributed by atoms with Crippen LogP contribution in [0.3, 0.4) is 0 Å². The van der Waals surface area contributed by atoms with E-state index in [1.54, 1.807) is 12.1 Å². The largest absolute Gasteiger partial charge is 0.421 e. The van der Waals surface area contributed by atoms with Crippen molar-refractivity contribution in [2.45, 2.75) is 71.1 Å². The summed E-state index contributed by atoms with van der Waals surface area (Å²) in [7, 11) is -3.37. The average Bonchev–Trinajstić information content (AvgIpc) is 2.73. The Labute approximate surface area is 171 Å². The second kappa shape index (κ2) is 13.6. The minimum atomic E-state index is -3.37. The molecule has 2 aromatic rings. The fraction of sp³-hybridized carbons (Fsp3) is 0.500. The SMILES string of the molecule is CCCCCCCCCCCCOP(=O)(Oc1ccccc1)c1ccccc1. The highest BCUT2D eigenvalue weighted by Gasteiger charge is 2.28. The third-order valence-electron chi connectivity index (χ3n) is 4.80. The fourth-order valence-corrected chi connectivity index (χ4v) is 4.77. The van der Waals surface area contributed by atoms with Crippen LogP contribution < -0.4 is 9.83 Å². The number of para-hydroxylation sites is 1. The van der Waals surface area contributed by atoms with Crippen molar-refractivity contribution in [3.05, 3.63) is 60.7 Å². The second-order valence-electron chi connectivity index (χ2n) is 7.25. The van der Waals surface area contributed by atoms with Crippen molar-refractivity contribution in [2.24, 2.45) is 0 Å². The van der Waals surface area contributed by atoms with Gasteiger partial charge < -0.3 is 4.52 Å². The van der Waals surface area contributed by atoms with Crippen molar-refractivity contribution >= 4 is 12.9 Å². The zero-order valence-electron chi connectivity index (χ0n) is 17.2. The first-order valence-corrected chi connectivity index (χ1v) is 12.3. The van der Waals surface area contributed by atoms with Crippen molar-refractivity contribution in [1.82, 2.24) is 0 Å². The molecule has 0 heterocycles. The fourth-order valence-electron chi connectivity index (χ4n) is 3.16. The van der Waals surface area contributed by atoms with Gasteiger partial charge in [-0.05, 0) is 30.7 Å². The molecule has 1 atom stereocenters. The Balaban J connectivity index is 1.72. The first-order valence-electron chi connectivity index (χ1n) is 10.8. The molecular weight excluding hydrogens is 367 g/mol. The van der Waals surface area contributed by atoms with Gasteiger partial charge in [-0.1, -0.05) is 101 Å². The van der Waals surface area contributed by atoms with Gasteiger partial charge in [-0.2, -0.15) is 0 Å². The standard InChI is InChI=1S/C24H35O3P/c1-2-3-4-5-6-7-8-9-10-17-22-26-28(25,24-20-15-12-16-21-24)27-23-18-13-11-14-19-23/h11-16,18-21H,2-10,17,22H2,1H3. The van der Waals surface area contributed by atoms with Gasteiger partial charge in [-0.25, -0.2) is 4.57 Å². The maximum absolute atomic E-state index is 13.4. The van der Waals surface area contributed by atoms with Crippen molar-refractivity contribution in [3.63, 3.8) is 0 Å². The monoisotopic (exact) mass is 402 g/mol. The normalized spacial score (nSPS) is 13.2. The summed E-state index contributed by atoms with van der Waals surface area (Å²) in [5.74, 6) is 0.567. The van der Waals surface area contributed by atoms with Crippen LogP contribution in [0.15, 0.2) is 60.7 Å².